The lowest BCUT2D eigenvalue weighted by molar-refractivity contribution is 0.196. The molecule has 0 bridgehead atoms. The van der Waals surface area contributed by atoms with Crippen LogP contribution in [0.25, 0.3) is 0 Å². The zero-order valence-corrected chi connectivity index (χ0v) is 13.2. The predicted octanol–water partition coefficient (Wildman–Crippen LogP) is 1.34. The zero-order chi connectivity index (χ0) is 14.9. The van der Waals surface area contributed by atoms with Crippen molar-refractivity contribution in [3.05, 3.63) is 23.8 Å². The molecule has 1 aromatic rings. The van der Waals surface area contributed by atoms with E-state index in [1.54, 1.807) is 22.5 Å². The Bertz CT molecular complexity index is 607. The number of piperazine rings is 1. The molecular weight excluding hydrogens is 288 g/mol. The molecule has 0 N–H and O–H groups in total. The minimum absolute atomic E-state index is 0.400. The molecule has 1 saturated heterocycles. The van der Waals surface area contributed by atoms with E-state index in [0.29, 0.717) is 18.0 Å². The van der Waals surface area contributed by atoms with Crippen molar-refractivity contribution < 1.29 is 13.2 Å². The van der Waals surface area contributed by atoms with Gasteiger partial charge in [-0.3, -0.25) is 0 Å². The number of fused-ring (bicyclic) bond motifs is 1. The van der Waals surface area contributed by atoms with Gasteiger partial charge < -0.3 is 9.64 Å². The first-order valence-electron chi connectivity index (χ1n) is 7.59. The van der Waals surface area contributed by atoms with Gasteiger partial charge in [-0.2, -0.15) is 4.31 Å². The minimum Gasteiger partial charge on any atom is -0.493 e. The van der Waals surface area contributed by atoms with Crippen LogP contribution in [0.4, 0.5) is 0 Å². The molecule has 6 heteroatoms. The standard InChI is InChI=1S/C15H22N2O3S/c1-2-16-7-9-17(10-8-16)21(18,19)14-5-6-15-13(12-14)4-3-11-20-15/h5-6,12H,2-4,7-11H2,1H3. The largest absolute Gasteiger partial charge is 0.493 e. The molecule has 2 heterocycles. The summed E-state index contributed by atoms with van der Waals surface area (Å²) >= 11 is 0. The molecule has 0 aliphatic carbocycles. The van der Waals surface area contributed by atoms with Crippen LogP contribution in [-0.4, -0.2) is 57.0 Å². The Kier molecular flexibility index (Phi) is 4.19. The van der Waals surface area contributed by atoms with Crippen LogP contribution in [0.3, 0.4) is 0 Å². The maximum Gasteiger partial charge on any atom is 0.243 e. The molecule has 0 spiro atoms. The first-order valence-corrected chi connectivity index (χ1v) is 9.03. The number of benzene rings is 1. The van der Waals surface area contributed by atoms with Crippen LogP contribution in [0.1, 0.15) is 18.9 Å². The summed E-state index contributed by atoms with van der Waals surface area (Å²) in [6, 6.07) is 5.26. The van der Waals surface area contributed by atoms with Crippen molar-refractivity contribution in [2.24, 2.45) is 0 Å². The maximum absolute atomic E-state index is 12.7. The van der Waals surface area contributed by atoms with Gasteiger partial charge in [-0.25, -0.2) is 8.42 Å². The molecular formula is C15H22N2O3S. The van der Waals surface area contributed by atoms with Gasteiger partial charge in [0.05, 0.1) is 11.5 Å². The molecule has 0 unspecified atom stereocenters. The van der Waals surface area contributed by atoms with Gasteiger partial charge in [-0.05, 0) is 43.1 Å². The summed E-state index contributed by atoms with van der Waals surface area (Å²) in [4.78, 5) is 2.67. The van der Waals surface area contributed by atoms with Crippen molar-refractivity contribution in [3.63, 3.8) is 0 Å². The van der Waals surface area contributed by atoms with Crippen molar-refractivity contribution in [2.45, 2.75) is 24.7 Å². The molecule has 0 radical (unpaired) electrons. The molecule has 0 atom stereocenters. The molecule has 116 valence electrons. The van der Waals surface area contributed by atoms with E-state index < -0.39 is 10.0 Å². The van der Waals surface area contributed by atoms with Gasteiger partial charge in [0.1, 0.15) is 5.75 Å². The Morgan fingerprint density at radius 2 is 1.95 bits per heavy atom. The number of rotatable bonds is 3. The van der Waals surface area contributed by atoms with Crippen LogP contribution in [0.15, 0.2) is 23.1 Å². The Morgan fingerprint density at radius 1 is 1.19 bits per heavy atom. The van der Waals surface area contributed by atoms with Gasteiger partial charge >= 0.3 is 0 Å². The molecule has 0 aromatic heterocycles. The highest BCUT2D eigenvalue weighted by Crippen LogP contribution is 2.28. The van der Waals surface area contributed by atoms with Gasteiger partial charge in [-0.1, -0.05) is 6.92 Å². The van der Waals surface area contributed by atoms with E-state index in [9.17, 15) is 8.42 Å². The van der Waals surface area contributed by atoms with Gasteiger partial charge in [0.2, 0.25) is 10.0 Å². The van der Waals surface area contributed by atoms with E-state index in [1.807, 2.05) is 0 Å². The summed E-state index contributed by atoms with van der Waals surface area (Å²) in [5.74, 6) is 0.830. The molecule has 3 rings (SSSR count). The number of sulfonamides is 1. The number of likely N-dealkylation sites (N-methyl/N-ethyl adjacent to an activating group) is 1. The maximum atomic E-state index is 12.7. The zero-order valence-electron chi connectivity index (χ0n) is 12.4. The van der Waals surface area contributed by atoms with Crippen LogP contribution in [-0.2, 0) is 16.4 Å². The third-order valence-electron chi connectivity index (χ3n) is 4.30. The topological polar surface area (TPSA) is 49.9 Å². The quantitative estimate of drug-likeness (QED) is 0.845. The van der Waals surface area contributed by atoms with Crippen LogP contribution >= 0.6 is 0 Å². The molecule has 1 fully saturated rings. The summed E-state index contributed by atoms with van der Waals surface area (Å²) < 4.78 is 32.6. The van der Waals surface area contributed by atoms with Gasteiger partial charge in [0, 0.05) is 26.2 Å². The van der Waals surface area contributed by atoms with Crippen molar-refractivity contribution in [1.29, 1.82) is 0 Å². The summed E-state index contributed by atoms with van der Waals surface area (Å²) in [5.41, 5.74) is 1.01. The van der Waals surface area contributed by atoms with Crippen molar-refractivity contribution in [3.8, 4) is 5.75 Å². The predicted molar refractivity (Wildman–Crippen MR) is 81.1 cm³/mol. The lowest BCUT2D eigenvalue weighted by atomic mass is 10.1. The minimum atomic E-state index is -3.38. The second kappa shape index (κ2) is 5.94. The van der Waals surface area contributed by atoms with Crippen LogP contribution in [0, 0.1) is 0 Å². The average Bonchev–Trinajstić information content (AvgIpc) is 2.54. The van der Waals surface area contributed by atoms with Crippen molar-refractivity contribution in [2.75, 3.05) is 39.3 Å². The van der Waals surface area contributed by atoms with E-state index >= 15 is 0 Å². The summed E-state index contributed by atoms with van der Waals surface area (Å²) in [5, 5.41) is 0. The Morgan fingerprint density at radius 3 is 2.67 bits per heavy atom. The molecule has 5 nitrogen and oxygen atoms in total. The number of hydrogen-bond acceptors (Lipinski definition) is 4. The highest BCUT2D eigenvalue weighted by atomic mass is 32.2. The van der Waals surface area contributed by atoms with Crippen molar-refractivity contribution >= 4 is 10.0 Å². The van der Waals surface area contributed by atoms with E-state index in [2.05, 4.69) is 11.8 Å². The number of hydrogen-bond donors (Lipinski definition) is 0. The van der Waals surface area contributed by atoms with Crippen LogP contribution in [0.2, 0.25) is 0 Å². The Balaban J connectivity index is 1.82. The van der Waals surface area contributed by atoms with Gasteiger partial charge in [0.15, 0.2) is 0 Å². The first kappa shape index (κ1) is 14.8. The van der Waals surface area contributed by atoms with E-state index in [1.165, 1.54) is 0 Å². The number of nitrogens with zero attached hydrogens (tertiary/aromatic N) is 2. The Hall–Kier alpha value is -1.11. The molecule has 21 heavy (non-hydrogen) atoms. The normalized spacial score (nSPS) is 20.8. The summed E-state index contributed by atoms with van der Waals surface area (Å²) in [6.45, 7) is 6.57. The third kappa shape index (κ3) is 2.93. The highest BCUT2D eigenvalue weighted by Gasteiger charge is 2.28. The molecule has 1 aromatic carbocycles. The molecule has 0 amide bonds. The number of ether oxygens (including phenoxy) is 1. The smallest absolute Gasteiger partial charge is 0.243 e. The third-order valence-corrected chi connectivity index (χ3v) is 6.19. The van der Waals surface area contributed by atoms with E-state index in [4.69, 9.17) is 4.74 Å². The van der Waals surface area contributed by atoms with Crippen LogP contribution < -0.4 is 4.74 Å². The lowest BCUT2D eigenvalue weighted by Gasteiger charge is -2.33. The fraction of sp³-hybridized carbons (Fsp3) is 0.600. The second-order valence-electron chi connectivity index (χ2n) is 5.56. The SMILES string of the molecule is CCN1CCN(S(=O)(=O)c2ccc3c(c2)CCCO3)CC1. The van der Waals surface area contributed by atoms with E-state index in [-0.39, 0.29) is 0 Å². The summed E-state index contributed by atoms with van der Waals surface area (Å²) in [7, 11) is -3.38. The lowest BCUT2D eigenvalue weighted by Crippen LogP contribution is -2.48. The van der Waals surface area contributed by atoms with Crippen LogP contribution in [0.5, 0.6) is 5.75 Å². The van der Waals surface area contributed by atoms with Gasteiger partial charge in [-0.15, -0.1) is 0 Å². The fourth-order valence-corrected chi connectivity index (χ4v) is 4.41. The van der Waals surface area contributed by atoms with E-state index in [0.717, 1.165) is 50.4 Å². The molecule has 2 aliphatic rings. The number of aryl methyl sites for hydroxylation is 1. The molecule has 0 saturated carbocycles. The molecule has 2 aliphatic heterocycles. The first-order chi connectivity index (χ1) is 10.1. The highest BCUT2D eigenvalue weighted by molar-refractivity contribution is 7.89. The Labute approximate surface area is 126 Å². The second-order valence-corrected chi connectivity index (χ2v) is 7.50. The fourth-order valence-electron chi connectivity index (χ4n) is 2.93. The summed E-state index contributed by atoms with van der Waals surface area (Å²) in [6.07, 6.45) is 1.84. The van der Waals surface area contributed by atoms with Gasteiger partial charge in [0.25, 0.3) is 0 Å². The monoisotopic (exact) mass is 310 g/mol. The average molecular weight is 310 g/mol. The van der Waals surface area contributed by atoms with Crippen molar-refractivity contribution in [1.82, 2.24) is 9.21 Å².